The Morgan fingerprint density at radius 1 is 1.33 bits per heavy atom. The lowest BCUT2D eigenvalue weighted by atomic mass is 10.1. The van der Waals surface area contributed by atoms with E-state index in [4.69, 9.17) is 0 Å². The summed E-state index contributed by atoms with van der Waals surface area (Å²) < 4.78 is 40.3. The summed E-state index contributed by atoms with van der Waals surface area (Å²) in [6, 6.07) is 5.01. The lowest BCUT2D eigenvalue weighted by Crippen LogP contribution is -2.16. The van der Waals surface area contributed by atoms with Crippen LogP contribution in [0, 0.1) is 0 Å². The summed E-state index contributed by atoms with van der Waals surface area (Å²) in [6.07, 6.45) is -0.530. The average Bonchev–Trinajstić information content (AvgIpc) is 3.12. The number of alkyl halides is 3. The molecule has 0 unspecified atom stereocenters. The minimum atomic E-state index is -4.35. The van der Waals surface area contributed by atoms with Gasteiger partial charge in [0, 0.05) is 29.1 Å². The van der Waals surface area contributed by atoms with Gasteiger partial charge in [-0.05, 0) is 30.5 Å². The molecule has 0 amide bonds. The van der Waals surface area contributed by atoms with Crippen molar-refractivity contribution in [2.45, 2.75) is 40.8 Å². The number of halogens is 3. The van der Waals surface area contributed by atoms with Gasteiger partial charge in [-0.25, -0.2) is 4.98 Å². The Labute approximate surface area is 128 Å². The Morgan fingerprint density at radius 2 is 2.14 bits per heavy atom. The Kier molecular flexibility index (Phi) is 4.24. The zero-order chi connectivity index (χ0) is 14.9. The molecule has 1 aliphatic rings. The van der Waals surface area contributed by atoms with Crippen molar-refractivity contribution < 1.29 is 13.2 Å². The molecule has 0 bridgehead atoms. The molecule has 0 aliphatic heterocycles. The van der Waals surface area contributed by atoms with Gasteiger partial charge in [0.25, 0.3) is 0 Å². The molecule has 21 heavy (non-hydrogen) atoms. The number of benzene rings is 1. The SMILES string of the molecule is FC(F)(F)c1cc(CNC2CC2)ccc1Sc1nccs1. The summed E-state index contributed by atoms with van der Waals surface area (Å²) in [5.41, 5.74) is 0.0792. The third-order valence-corrected chi connectivity index (χ3v) is 5.09. The third-order valence-electron chi connectivity index (χ3n) is 3.13. The lowest BCUT2D eigenvalue weighted by Gasteiger charge is -2.13. The van der Waals surface area contributed by atoms with Crippen molar-refractivity contribution in [3.8, 4) is 0 Å². The molecule has 0 spiro atoms. The van der Waals surface area contributed by atoms with Crippen LogP contribution in [0.4, 0.5) is 13.2 Å². The maximum atomic E-state index is 13.2. The Morgan fingerprint density at radius 3 is 2.76 bits per heavy atom. The van der Waals surface area contributed by atoms with Crippen molar-refractivity contribution in [1.82, 2.24) is 10.3 Å². The summed E-state index contributed by atoms with van der Waals surface area (Å²) in [4.78, 5) is 4.23. The Bertz CT molecular complexity index is 607. The molecule has 112 valence electrons. The van der Waals surface area contributed by atoms with Crippen LogP contribution in [0.15, 0.2) is 39.0 Å². The number of nitrogens with zero attached hydrogens (tertiary/aromatic N) is 1. The summed E-state index contributed by atoms with van der Waals surface area (Å²) in [7, 11) is 0. The summed E-state index contributed by atoms with van der Waals surface area (Å²) >= 11 is 2.40. The summed E-state index contributed by atoms with van der Waals surface area (Å²) in [5.74, 6) is 0. The number of nitrogens with one attached hydrogen (secondary N) is 1. The molecule has 1 aliphatic carbocycles. The topological polar surface area (TPSA) is 24.9 Å². The van der Waals surface area contributed by atoms with E-state index in [9.17, 15) is 13.2 Å². The molecule has 0 saturated heterocycles. The second-order valence-electron chi connectivity index (χ2n) is 4.88. The maximum absolute atomic E-state index is 13.2. The number of aromatic nitrogens is 1. The zero-order valence-corrected chi connectivity index (χ0v) is 12.6. The Balaban J connectivity index is 1.83. The lowest BCUT2D eigenvalue weighted by molar-refractivity contribution is -0.139. The molecule has 1 saturated carbocycles. The highest BCUT2D eigenvalue weighted by Gasteiger charge is 2.34. The first kappa shape index (κ1) is 14.9. The molecule has 2 nitrogen and oxygen atoms in total. The highest BCUT2D eigenvalue weighted by atomic mass is 32.2. The van der Waals surface area contributed by atoms with E-state index in [2.05, 4.69) is 10.3 Å². The molecule has 3 rings (SSSR count). The van der Waals surface area contributed by atoms with Crippen molar-refractivity contribution in [1.29, 1.82) is 0 Å². The fourth-order valence-electron chi connectivity index (χ4n) is 1.90. The van der Waals surface area contributed by atoms with Crippen LogP contribution in [0.1, 0.15) is 24.0 Å². The van der Waals surface area contributed by atoms with Crippen molar-refractivity contribution in [2.24, 2.45) is 0 Å². The molecular weight excluding hydrogens is 317 g/mol. The van der Waals surface area contributed by atoms with E-state index in [0.29, 0.717) is 22.5 Å². The van der Waals surface area contributed by atoms with Gasteiger partial charge in [-0.2, -0.15) is 13.2 Å². The first-order valence-corrected chi connectivity index (χ1v) is 8.23. The first-order chi connectivity index (χ1) is 10.0. The van der Waals surface area contributed by atoms with E-state index in [1.54, 1.807) is 23.7 Å². The molecule has 1 fully saturated rings. The largest absolute Gasteiger partial charge is 0.417 e. The van der Waals surface area contributed by atoms with Gasteiger partial charge < -0.3 is 5.32 Å². The van der Waals surface area contributed by atoms with Crippen molar-refractivity contribution in [3.63, 3.8) is 0 Å². The third kappa shape index (κ3) is 3.99. The van der Waals surface area contributed by atoms with E-state index in [0.717, 1.165) is 24.6 Å². The number of rotatable bonds is 5. The van der Waals surface area contributed by atoms with Gasteiger partial charge in [0.2, 0.25) is 0 Å². The Hall–Kier alpha value is -1.05. The van der Waals surface area contributed by atoms with Crippen LogP contribution < -0.4 is 5.32 Å². The van der Waals surface area contributed by atoms with Crippen LogP contribution in [0.25, 0.3) is 0 Å². The van der Waals surface area contributed by atoms with Gasteiger partial charge in [0.1, 0.15) is 0 Å². The molecule has 1 N–H and O–H groups in total. The molecule has 0 radical (unpaired) electrons. The van der Waals surface area contributed by atoms with Gasteiger partial charge in [0.05, 0.1) is 5.56 Å². The van der Waals surface area contributed by atoms with Gasteiger partial charge >= 0.3 is 6.18 Å². The number of thiazole rings is 1. The van der Waals surface area contributed by atoms with E-state index < -0.39 is 11.7 Å². The molecule has 1 aromatic carbocycles. The van der Waals surface area contributed by atoms with Crippen LogP contribution in [-0.4, -0.2) is 11.0 Å². The van der Waals surface area contributed by atoms with Crippen LogP contribution >= 0.6 is 23.1 Å². The molecule has 1 heterocycles. The molecule has 2 aromatic rings. The van der Waals surface area contributed by atoms with Crippen LogP contribution in [0.2, 0.25) is 0 Å². The number of hydrogen-bond donors (Lipinski definition) is 1. The van der Waals surface area contributed by atoms with Crippen LogP contribution in [0.3, 0.4) is 0 Å². The van der Waals surface area contributed by atoms with E-state index in [-0.39, 0.29) is 4.90 Å². The summed E-state index contributed by atoms with van der Waals surface area (Å²) in [5, 5.41) is 4.99. The van der Waals surface area contributed by atoms with E-state index >= 15 is 0 Å². The highest BCUT2D eigenvalue weighted by Crippen LogP contribution is 2.40. The van der Waals surface area contributed by atoms with E-state index in [1.807, 2.05) is 0 Å². The quantitative estimate of drug-likeness (QED) is 0.869. The zero-order valence-electron chi connectivity index (χ0n) is 11.0. The second kappa shape index (κ2) is 5.98. The molecule has 1 aromatic heterocycles. The van der Waals surface area contributed by atoms with Crippen LogP contribution in [0.5, 0.6) is 0 Å². The monoisotopic (exact) mass is 330 g/mol. The van der Waals surface area contributed by atoms with Gasteiger partial charge in [0.15, 0.2) is 4.34 Å². The van der Waals surface area contributed by atoms with Crippen molar-refractivity contribution in [2.75, 3.05) is 0 Å². The smallest absolute Gasteiger partial charge is 0.310 e. The highest BCUT2D eigenvalue weighted by molar-refractivity contribution is 8.01. The standard InChI is InChI=1S/C14H13F3N2S2/c15-14(16,17)11-7-9(8-19-10-2-3-10)1-4-12(11)21-13-18-5-6-20-13/h1,4-7,10,19H,2-3,8H2. The van der Waals surface area contributed by atoms with Gasteiger partial charge in [-0.15, -0.1) is 11.3 Å². The molecular formula is C14H13F3N2S2. The van der Waals surface area contributed by atoms with Gasteiger partial charge in [-0.3, -0.25) is 0 Å². The molecule has 0 atom stereocenters. The predicted molar refractivity (Wildman–Crippen MR) is 77.5 cm³/mol. The predicted octanol–water partition coefficient (Wildman–Crippen LogP) is 4.57. The maximum Gasteiger partial charge on any atom is 0.417 e. The normalized spacial score (nSPS) is 15.4. The summed E-state index contributed by atoms with van der Waals surface area (Å²) in [6.45, 7) is 0.482. The van der Waals surface area contributed by atoms with Crippen molar-refractivity contribution >= 4 is 23.1 Å². The van der Waals surface area contributed by atoms with E-state index in [1.165, 1.54) is 17.4 Å². The minimum Gasteiger partial charge on any atom is -0.310 e. The number of hydrogen-bond acceptors (Lipinski definition) is 4. The minimum absolute atomic E-state index is 0.202. The second-order valence-corrected chi connectivity index (χ2v) is 7.07. The first-order valence-electron chi connectivity index (χ1n) is 6.53. The fourth-order valence-corrected chi connectivity index (χ4v) is 3.61. The fraction of sp³-hybridized carbons (Fsp3) is 0.357. The van der Waals surface area contributed by atoms with Crippen molar-refractivity contribution in [3.05, 3.63) is 40.9 Å². The van der Waals surface area contributed by atoms with Crippen LogP contribution in [-0.2, 0) is 12.7 Å². The molecule has 7 heteroatoms. The van der Waals surface area contributed by atoms with Gasteiger partial charge in [-0.1, -0.05) is 17.8 Å². The average molecular weight is 330 g/mol.